The number of halogens is 1. The summed E-state index contributed by atoms with van der Waals surface area (Å²) >= 11 is 6.30. The quantitative estimate of drug-likeness (QED) is 0.562. The van der Waals surface area contributed by atoms with Gasteiger partial charge < -0.3 is 9.15 Å². The van der Waals surface area contributed by atoms with Crippen LogP contribution in [0.25, 0.3) is 28.1 Å². The third-order valence-corrected chi connectivity index (χ3v) is 4.41. The molecule has 4 heterocycles. The topological polar surface area (TPSA) is 65.5 Å². The van der Waals surface area contributed by atoms with Gasteiger partial charge in [-0.3, -0.25) is 0 Å². The van der Waals surface area contributed by atoms with E-state index >= 15 is 0 Å². The first kappa shape index (κ1) is 13.8. The van der Waals surface area contributed by atoms with Gasteiger partial charge in [0.1, 0.15) is 11.3 Å². The number of furan rings is 1. The Hall–Kier alpha value is -2.60. The Labute approximate surface area is 142 Å². The number of rotatable bonds is 4. The average Bonchev–Trinajstić information content (AvgIpc) is 3.21. The lowest BCUT2D eigenvalue weighted by molar-refractivity contribution is 0.292. The number of ether oxygens (including phenoxy) is 1. The molecule has 0 aromatic carbocycles. The lowest BCUT2D eigenvalue weighted by Crippen LogP contribution is -2.00. The first-order valence-corrected chi connectivity index (χ1v) is 8.18. The molecule has 0 N–H and O–H groups in total. The highest BCUT2D eigenvalue weighted by Gasteiger charge is 2.23. The average molecular weight is 341 g/mol. The molecule has 1 aliphatic carbocycles. The maximum Gasteiger partial charge on any atom is 0.224 e. The monoisotopic (exact) mass is 340 g/mol. The molecular formula is C17H13ClN4O2. The number of hydrogen-bond donors (Lipinski definition) is 0. The minimum atomic E-state index is 0.348. The van der Waals surface area contributed by atoms with Crippen LogP contribution in [0.3, 0.4) is 0 Å². The van der Waals surface area contributed by atoms with Crippen molar-refractivity contribution in [1.82, 2.24) is 19.6 Å². The Balaban J connectivity index is 1.64. The van der Waals surface area contributed by atoms with E-state index < -0.39 is 0 Å². The summed E-state index contributed by atoms with van der Waals surface area (Å²) in [4.78, 5) is 8.64. The normalized spacial score (nSPS) is 14.5. The molecule has 6 nitrogen and oxygen atoms in total. The van der Waals surface area contributed by atoms with Gasteiger partial charge in [0.2, 0.25) is 5.88 Å². The van der Waals surface area contributed by atoms with Crippen LogP contribution in [0.4, 0.5) is 0 Å². The fourth-order valence-corrected chi connectivity index (χ4v) is 2.98. The Morgan fingerprint density at radius 3 is 3.08 bits per heavy atom. The summed E-state index contributed by atoms with van der Waals surface area (Å²) < 4.78 is 13.5. The zero-order valence-corrected chi connectivity index (χ0v) is 13.4. The van der Waals surface area contributed by atoms with Gasteiger partial charge >= 0.3 is 0 Å². The molecule has 0 radical (unpaired) electrons. The van der Waals surface area contributed by atoms with E-state index in [0.29, 0.717) is 46.2 Å². The summed E-state index contributed by atoms with van der Waals surface area (Å²) in [6.07, 6.45) is 5.83. The minimum Gasteiger partial charge on any atom is -0.477 e. The molecule has 0 spiro atoms. The largest absolute Gasteiger partial charge is 0.477 e. The number of aromatic nitrogens is 4. The van der Waals surface area contributed by atoms with Crippen LogP contribution in [0, 0.1) is 5.92 Å². The van der Waals surface area contributed by atoms with Crippen LogP contribution in [-0.4, -0.2) is 26.2 Å². The van der Waals surface area contributed by atoms with Crippen LogP contribution in [0.1, 0.15) is 12.8 Å². The van der Waals surface area contributed by atoms with Gasteiger partial charge in [-0.2, -0.15) is 5.10 Å². The number of imidazole rings is 1. The molecule has 0 saturated heterocycles. The molecule has 5 rings (SSSR count). The number of pyridine rings is 1. The molecule has 0 aliphatic heterocycles. The third kappa shape index (κ3) is 2.22. The zero-order valence-electron chi connectivity index (χ0n) is 12.6. The summed E-state index contributed by atoms with van der Waals surface area (Å²) in [7, 11) is 0. The highest BCUT2D eigenvalue weighted by molar-refractivity contribution is 6.32. The lowest BCUT2D eigenvalue weighted by Gasteiger charge is -2.03. The van der Waals surface area contributed by atoms with Crippen LogP contribution in [-0.2, 0) is 0 Å². The third-order valence-electron chi connectivity index (χ3n) is 4.15. The standard InChI is InChI=1S/C17H13ClN4O2/c18-16-15(22-14(21-16)2-1-6-20-22)13-8-11-12(24-13)5-7-19-17(11)23-9-10-3-4-10/h1-2,5-8,10H,3-4,9H2. The van der Waals surface area contributed by atoms with Crippen molar-refractivity contribution < 1.29 is 9.15 Å². The van der Waals surface area contributed by atoms with E-state index in [-0.39, 0.29) is 0 Å². The van der Waals surface area contributed by atoms with Crippen LogP contribution < -0.4 is 4.74 Å². The fourth-order valence-electron chi connectivity index (χ4n) is 2.72. The van der Waals surface area contributed by atoms with Crippen LogP contribution >= 0.6 is 11.6 Å². The van der Waals surface area contributed by atoms with Crippen molar-refractivity contribution in [2.75, 3.05) is 6.61 Å². The Morgan fingerprint density at radius 2 is 2.21 bits per heavy atom. The lowest BCUT2D eigenvalue weighted by atomic mass is 10.3. The Morgan fingerprint density at radius 1 is 1.29 bits per heavy atom. The SMILES string of the molecule is Clc1nc2cccnn2c1-c1cc2c(OCC3CC3)nccc2o1. The molecule has 24 heavy (non-hydrogen) atoms. The fraction of sp³-hybridized carbons (Fsp3) is 0.235. The van der Waals surface area contributed by atoms with Gasteiger partial charge in [-0.25, -0.2) is 14.5 Å². The van der Waals surface area contributed by atoms with E-state index in [1.807, 2.05) is 24.3 Å². The van der Waals surface area contributed by atoms with Crippen LogP contribution in [0.15, 0.2) is 41.1 Å². The highest BCUT2D eigenvalue weighted by Crippen LogP contribution is 2.36. The first-order valence-electron chi connectivity index (χ1n) is 7.80. The molecule has 1 saturated carbocycles. The summed E-state index contributed by atoms with van der Waals surface area (Å²) in [6, 6.07) is 7.35. The predicted octanol–water partition coefficient (Wildman–Crippen LogP) is 3.98. The van der Waals surface area contributed by atoms with Crippen molar-refractivity contribution in [1.29, 1.82) is 0 Å². The van der Waals surface area contributed by atoms with Gasteiger partial charge in [-0.05, 0) is 37.0 Å². The van der Waals surface area contributed by atoms with Crippen molar-refractivity contribution in [2.24, 2.45) is 5.92 Å². The molecule has 0 unspecified atom stereocenters. The molecule has 1 aliphatic rings. The smallest absolute Gasteiger partial charge is 0.224 e. The first-order chi connectivity index (χ1) is 11.8. The number of fused-ring (bicyclic) bond motifs is 2. The van der Waals surface area contributed by atoms with Crippen LogP contribution in [0.2, 0.25) is 5.15 Å². The van der Waals surface area contributed by atoms with Gasteiger partial charge in [0.25, 0.3) is 0 Å². The van der Waals surface area contributed by atoms with Gasteiger partial charge in [-0.1, -0.05) is 11.6 Å². The van der Waals surface area contributed by atoms with Crippen molar-refractivity contribution in [3.05, 3.63) is 41.8 Å². The Bertz CT molecular complexity index is 1050. The van der Waals surface area contributed by atoms with Gasteiger partial charge in [0.15, 0.2) is 16.6 Å². The van der Waals surface area contributed by atoms with Crippen molar-refractivity contribution >= 4 is 28.2 Å². The number of nitrogens with zero attached hydrogens (tertiary/aromatic N) is 4. The molecule has 1 fully saturated rings. The van der Waals surface area contributed by atoms with Crippen molar-refractivity contribution in [3.63, 3.8) is 0 Å². The van der Waals surface area contributed by atoms with E-state index in [1.54, 1.807) is 16.9 Å². The molecule has 4 aromatic heterocycles. The molecule has 0 atom stereocenters. The van der Waals surface area contributed by atoms with Crippen molar-refractivity contribution in [3.8, 4) is 17.3 Å². The van der Waals surface area contributed by atoms with Gasteiger partial charge in [0, 0.05) is 18.5 Å². The molecule has 0 amide bonds. The van der Waals surface area contributed by atoms with Crippen molar-refractivity contribution in [2.45, 2.75) is 12.8 Å². The Kier molecular flexibility index (Phi) is 2.99. The minimum absolute atomic E-state index is 0.348. The maximum atomic E-state index is 6.30. The number of hydrogen-bond acceptors (Lipinski definition) is 5. The van der Waals surface area contributed by atoms with Gasteiger partial charge in [-0.15, -0.1) is 0 Å². The molecular weight excluding hydrogens is 328 g/mol. The van der Waals surface area contributed by atoms with E-state index in [2.05, 4.69) is 15.1 Å². The maximum absolute atomic E-state index is 6.30. The van der Waals surface area contributed by atoms with E-state index in [1.165, 1.54) is 12.8 Å². The van der Waals surface area contributed by atoms with E-state index in [9.17, 15) is 0 Å². The summed E-state index contributed by atoms with van der Waals surface area (Å²) in [5, 5.41) is 5.48. The zero-order chi connectivity index (χ0) is 16.1. The summed E-state index contributed by atoms with van der Waals surface area (Å²) in [6.45, 7) is 0.699. The molecule has 7 heteroatoms. The molecule has 4 aromatic rings. The van der Waals surface area contributed by atoms with E-state index in [0.717, 1.165) is 5.39 Å². The second kappa shape index (κ2) is 5.21. The van der Waals surface area contributed by atoms with Gasteiger partial charge in [0.05, 0.1) is 12.0 Å². The predicted molar refractivity (Wildman–Crippen MR) is 89.2 cm³/mol. The highest BCUT2D eigenvalue weighted by atomic mass is 35.5. The van der Waals surface area contributed by atoms with E-state index in [4.69, 9.17) is 20.8 Å². The second-order valence-electron chi connectivity index (χ2n) is 5.94. The summed E-state index contributed by atoms with van der Waals surface area (Å²) in [5.41, 5.74) is 1.99. The second-order valence-corrected chi connectivity index (χ2v) is 6.30. The molecule has 0 bridgehead atoms. The molecule has 120 valence electrons. The van der Waals surface area contributed by atoms with Crippen LogP contribution in [0.5, 0.6) is 5.88 Å². The summed E-state index contributed by atoms with van der Waals surface area (Å²) in [5.74, 6) is 1.84.